The Morgan fingerprint density at radius 3 is 2.25 bits per heavy atom. The topological polar surface area (TPSA) is 109 Å². The minimum atomic E-state index is -1.43. The number of methoxy groups -OCH3 is 1. The molecule has 0 aliphatic carbocycles. The number of nitrogens with one attached hydrogen (secondary N) is 1. The number of carbonyl (C=O) groups is 3. The Kier molecular flexibility index (Phi) is 10.4. The zero-order valence-corrected chi connectivity index (χ0v) is 28.0. The average Bonchev–Trinajstić information content (AvgIpc) is 3.62. The monoisotopic (exact) mass is 664 g/mol. The van der Waals surface area contributed by atoms with Gasteiger partial charge in [0.2, 0.25) is 0 Å². The first-order valence-corrected chi connectivity index (χ1v) is 17.2. The van der Waals surface area contributed by atoms with Crippen LogP contribution >= 0.6 is 0 Å². The Morgan fingerprint density at radius 1 is 0.932 bits per heavy atom. The van der Waals surface area contributed by atoms with Crippen LogP contribution in [0.3, 0.4) is 0 Å². The number of piperazine rings is 1. The molecule has 1 N–H and O–H groups in total. The molecule has 44 heavy (non-hydrogen) atoms. The summed E-state index contributed by atoms with van der Waals surface area (Å²) in [6.45, 7) is 8.82. The molecule has 1 unspecified atom stereocenters. The van der Waals surface area contributed by atoms with Crippen LogP contribution in [0.15, 0.2) is 42.5 Å². The van der Waals surface area contributed by atoms with Gasteiger partial charge in [0.1, 0.15) is 0 Å². The number of aromatic nitrogens is 2. The van der Waals surface area contributed by atoms with Crippen molar-refractivity contribution in [3.63, 3.8) is 0 Å². The Hall–Kier alpha value is -3.66. The summed E-state index contributed by atoms with van der Waals surface area (Å²) in [5, 5.41) is 7.69. The number of urea groups is 1. The second kappa shape index (κ2) is 14.4. The molecule has 2 amide bonds. The van der Waals surface area contributed by atoms with Gasteiger partial charge in [-0.05, 0) is 0 Å². The van der Waals surface area contributed by atoms with E-state index in [-0.39, 0.29) is 36.9 Å². The summed E-state index contributed by atoms with van der Waals surface area (Å²) in [5.41, 5.74) is 6.05. The second-order valence-corrected chi connectivity index (χ2v) is 13.5. The average molecular weight is 665 g/mol. The van der Waals surface area contributed by atoms with Crippen molar-refractivity contribution >= 4 is 48.3 Å². The number of nitrogens with zero attached hydrogens (tertiary/aromatic N) is 5. The molecule has 1 saturated heterocycles. The Balaban J connectivity index is 1.34. The number of likely N-dealkylation sites (N-methyl/N-ethyl adjacent to an activating group) is 1. The third-order valence-electron chi connectivity index (χ3n) is 8.21. The van der Waals surface area contributed by atoms with Gasteiger partial charge in [0.25, 0.3) is 0 Å². The quantitative estimate of drug-likeness (QED) is 0.261. The molecule has 2 aliphatic rings. The fourth-order valence-corrected chi connectivity index (χ4v) is 7.77. The summed E-state index contributed by atoms with van der Waals surface area (Å²) in [7, 11) is 3.66. The van der Waals surface area contributed by atoms with Gasteiger partial charge in [-0.3, -0.25) is 0 Å². The van der Waals surface area contributed by atoms with Crippen LogP contribution in [0.1, 0.15) is 46.6 Å². The van der Waals surface area contributed by atoms with Crippen molar-refractivity contribution in [1.29, 1.82) is 0 Å². The molecule has 5 rings (SSSR count). The van der Waals surface area contributed by atoms with E-state index in [4.69, 9.17) is 9.47 Å². The van der Waals surface area contributed by atoms with Crippen molar-refractivity contribution in [2.75, 3.05) is 63.8 Å². The van der Waals surface area contributed by atoms with E-state index in [0.717, 1.165) is 67.1 Å². The van der Waals surface area contributed by atoms with E-state index < -0.39 is 21.8 Å². The summed E-state index contributed by atoms with van der Waals surface area (Å²) in [6, 6.07) is 13.6. The number of rotatable bonds is 10. The molecule has 12 heteroatoms. The predicted octanol–water partition coefficient (Wildman–Crippen LogP) is 2.84. The maximum atomic E-state index is 13.5. The van der Waals surface area contributed by atoms with Crippen molar-refractivity contribution in [3.8, 4) is 0 Å². The number of fused-ring (bicyclic) bond motifs is 1. The van der Waals surface area contributed by atoms with E-state index in [1.165, 1.54) is 11.8 Å². The van der Waals surface area contributed by atoms with Crippen molar-refractivity contribution in [1.82, 2.24) is 19.6 Å². The molecule has 0 spiro atoms. The van der Waals surface area contributed by atoms with Crippen LogP contribution in [0, 0.1) is 0 Å². The molecule has 234 valence electrons. The Labute approximate surface area is 265 Å². The van der Waals surface area contributed by atoms with Crippen LogP contribution < -0.4 is 14.7 Å². The fourth-order valence-electron chi connectivity index (χ4n) is 5.57. The van der Waals surface area contributed by atoms with Gasteiger partial charge in [-0.15, -0.1) is 0 Å². The van der Waals surface area contributed by atoms with Crippen molar-refractivity contribution in [2.45, 2.75) is 39.8 Å². The first-order valence-electron chi connectivity index (χ1n) is 15.1. The van der Waals surface area contributed by atoms with Crippen LogP contribution in [0.2, 0.25) is 0 Å². The number of anilines is 2. The van der Waals surface area contributed by atoms with Gasteiger partial charge in [0.05, 0.1) is 0 Å². The molecule has 2 aromatic carbocycles. The molecule has 1 aromatic heterocycles. The second-order valence-electron chi connectivity index (χ2n) is 11.0. The van der Waals surface area contributed by atoms with Gasteiger partial charge in [0.15, 0.2) is 0 Å². The number of para-hydroxylation sites is 1. The molecule has 11 nitrogen and oxygen atoms in total. The first-order chi connectivity index (χ1) is 21.3. The van der Waals surface area contributed by atoms with Crippen molar-refractivity contribution < 1.29 is 23.9 Å². The normalized spacial score (nSPS) is 15.2. The summed E-state index contributed by atoms with van der Waals surface area (Å²) in [4.78, 5) is 46.3. The Bertz CT molecular complexity index is 1480. The zero-order chi connectivity index (χ0) is 31.2. The van der Waals surface area contributed by atoms with Gasteiger partial charge in [0, 0.05) is 0 Å². The van der Waals surface area contributed by atoms with Crippen LogP contribution in [-0.2, 0) is 35.4 Å². The van der Waals surface area contributed by atoms with Crippen LogP contribution in [0.4, 0.5) is 21.0 Å². The molecule has 0 saturated carbocycles. The van der Waals surface area contributed by atoms with Crippen molar-refractivity contribution in [3.05, 3.63) is 70.4 Å². The van der Waals surface area contributed by atoms with Gasteiger partial charge in [-0.2, -0.15) is 0 Å². The molecule has 0 bridgehead atoms. The molecule has 3 aromatic rings. The number of ether oxygens (including phenoxy) is 2. The number of carbonyl (C=O) groups excluding carboxylic acids is 3. The predicted molar refractivity (Wildman–Crippen MR) is 172 cm³/mol. The molecule has 1 atom stereocenters. The summed E-state index contributed by atoms with van der Waals surface area (Å²) < 4.78 is 12.2. The molecular formula is C32H41AsN6O5. The van der Waals surface area contributed by atoms with Crippen LogP contribution in [0.25, 0.3) is 0 Å². The van der Waals surface area contributed by atoms with E-state index in [0.29, 0.717) is 15.7 Å². The van der Waals surface area contributed by atoms with Gasteiger partial charge >= 0.3 is 266 Å². The zero-order valence-electron chi connectivity index (χ0n) is 25.9. The molecular weight excluding hydrogens is 623 g/mol. The SMILES string of the molecule is CCc1cccc(CC)c1NC(=O)N1Cc2c([AsH]C(=O)c3ccc(N4CCN(C)CC4)cc3)nn(C(=O)OCCOC)c2C1. The molecule has 2 aliphatic heterocycles. The van der Waals surface area contributed by atoms with Crippen LogP contribution in [-0.4, -0.2) is 106 Å². The van der Waals surface area contributed by atoms with E-state index in [9.17, 15) is 14.4 Å². The molecule has 0 radical (unpaired) electrons. The molecule has 3 heterocycles. The van der Waals surface area contributed by atoms with Crippen LogP contribution in [0.5, 0.6) is 0 Å². The van der Waals surface area contributed by atoms with Crippen molar-refractivity contribution in [2.24, 2.45) is 0 Å². The number of hydrogen-bond acceptors (Lipinski definition) is 8. The number of hydrogen-bond donors (Lipinski definition) is 1. The standard InChI is InChI=1S/C32H41AsN6O5/c1-5-22-8-7-9-23(6-2)28(22)34-31(41)38-20-26-27(21-38)39(32(42)44-19-18-43-4)35-29(26)33-30(40)24-10-12-25(13-11-24)37-16-14-36(3)15-17-37/h7-13,33H,5-6,14-21H2,1-4H3,(H,34,41). The van der Waals surface area contributed by atoms with E-state index in [1.807, 2.05) is 42.5 Å². The summed E-state index contributed by atoms with van der Waals surface area (Å²) in [5.74, 6) is 0. The van der Waals surface area contributed by atoms with E-state index in [1.54, 1.807) is 4.90 Å². The first kappa shape index (κ1) is 31.8. The van der Waals surface area contributed by atoms with E-state index in [2.05, 4.69) is 41.1 Å². The number of benzene rings is 2. The van der Waals surface area contributed by atoms with E-state index >= 15 is 0 Å². The summed E-state index contributed by atoms with van der Waals surface area (Å²) >= 11 is -1.43. The maximum absolute atomic E-state index is 13.5. The third-order valence-corrected chi connectivity index (χ3v) is 10.6. The fraction of sp³-hybridized carbons (Fsp3) is 0.438. The number of amides is 2. The third kappa shape index (κ3) is 7.01. The van der Waals surface area contributed by atoms with Gasteiger partial charge in [-0.1, -0.05) is 0 Å². The molecule has 1 fully saturated rings. The van der Waals surface area contributed by atoms with Gasteiger partial charge < -0.3 is 0 Å². The summed E-state index contributed by atoms with van der Waals surface area (Å²) in [6.07, 6.45) is 0.936. The minimum absolute atomic E-state index is 0.0162. The number of aryl methyl sites for hydroxylation is 2. The Morgan fingerprint density at radius 2 is 1.61 bits per heavy atom. The van der Waals surface area contributed by atoms with Gasteiger partial charge in [-0.25, -0.2) is 0 Å².